The Bertz CT molecular complexity index is 530. The molecule has 80 valence electrons. The van der Waals surface area contributed by atoms with Gasteiger partial charge in [0, 0.05) is 14.3 Å². The Kier molecular flexibility index (Phi) is 3.43. The Morgan fingerprint density at radius 3 is 2.27 bits per heavy atom. The average molecular weight is 246 g/mol. The first-order chi connectivity index (χ1) is 6.97. The highest BCUT2D eigenvalue weighted by atomic mass is 32.2. The highest BCUT2D eigenvalue weighted by molar-refractivity contribution is 7.90. The monoisotopic (exact) mass is 246 g/mol. The Morgan fingerprint density at radius 2 is 1.87 bits per heavy atom. The molecule has 1 rings (SSSR count). The molecule has 0 saturated carbocycles. The minimum atomic E-state index is -4.05. The average Bonchev–Trinajstić information content (AvgIpc) is 2.18. The van der Waals surface area contributed by atoms with E-state index in [1.807, 2.05) is 0 Å². The van der Waals surface area contributed by atoms with E-state index in [0.717, 1.165) is 24.3 Å². The van der Waals surface area contributed by atoms with Gasteiger partial charge in [-0.25, -0.2) is 8.42 Å². The number of nitrogens with zero attached hydrogens (tertiary/aromatic N) is 3. The molecule has 0 aliphatic carbocycles. The van der Waals surface area contributed by atoms with Crippen molar-refractivity contribution in [3.05, 3.63) is 34.7 Å². The van der Waals surface area contributed by atoms with Crippen LogP contribution < -0.4 is 0 Å². The number of hydrogen-bond acceptors (Lipinski definition) is 4. The largest absolute Gasteiger partial charge is 0.768 e. The molecule has 0 radical (unpaired) electrons. The molecule has 7 nitrogen and oxygen atoms in total. The van der Waals surface area contributed by atoms with Gasteiger partial charge < -0.3 is 4.55 Å². The Hall–Kier alpha value is -1.41. The van der Waals surface area contributed by atoms with E-state index in [4.69, 9.17) is 5.53 Å². The molecule has 0 heterocycles. The molecule has 0 fully saturated rings. The van der Waals surface area contributed by atoms with Gasteiger partial charge in [0.2, 0.25) is 0 Å². The van der Waals surface area contributed by atoms with Crippen molar-refractivity contribution in [3.8, 4) is 0 Å². The molecule has 9 heteroatoms. The first-order valence-electron chi connectivity index (χ1n) is 3.48. The summed E-state index contributed by atoms with van der Waals surface area (Å²) < 4.78 is 45.8. The third-order valence-electron chi connectivity index (χ3n) is 1.46. The number of sulfonamides is 1. The molecule has 0 aliphatic heterocycles. The van der Waals surface area contributed by atoms with E-state index in [1.165, 1.54) is 0 Å². The number of benzene rings is 1. The van der Waals surface area contributed by atoms with Gasteiger partial charge >= 0.3 is 0 Å². The van der Waals surface area contributed by atoms with Gasteiger partial charge in [-0.1, -0.05) is 0 Å². The van der Waals surface area contributed by atoms with Crippen molar-refractivity contribution in [2.45, 2.75) is 9.79 Å². The second-order valence-electron chi connectivity index (χ2n) is 2.35. The van der Waals surface area contributed by atoms with Gasteiger partial charge in [0.05, 0.1) is 4.90 Å². The molecule has 0 aliphatic rings. The molecule has 1 atom stereocenters. The van der Waals surface area contributed by atoms with Gasteiger partial charge in [-0.2, -0.15) is 0 Å². The first kappa shape index (κ1) is 11.7. The molecule has 0 spiro atoms. The van der Waals surface area contributed by atoms with Gasteiger partial charge in [0.1, 0.15) is 0 Å². The fourth-order valence-corrected chi connectivity index (χ4v) is 1.85. The van der Waals surface area contributed by atoms with Crippen LogP contribution >= 0.6 is 0 Å². The molecule has 0 aromatic heterocycles. The zero-order chi connectivity index (χ0) is 11.5. The molecule has 1 aromatic rings. The lowest BCUT2D eigenvalue weighted by Crippen LogP contribution is -1.96. The molecule has 0 bridgehead atoms. The highest BCUT2D eigenvalue weighted by Crippen LogP contribution is 2.14. The normalized spacial score (nSPS) is 12.9. The van der Waals surface area contributed by atoms with Crippen LogP contribution in [0.4, 0.5) is 0 Å². The van der Waals surface area contributed by atoms with Crippen LogP contribution in [0.3, 0.4) is 0 Å². The van der Waals surface area contributed by atoms with Gasteiger partial charge in [-0.05, 0) is 40.9 Å². The van der Waals surface area contributed by atoms with E-state index in [0.29, 0.717) is 0 Å². The summed E-state index contributed by atoms with van der Waals surface area (Å²) in [5.74, 6) is 0. The van der Waals surface area contributed by atoms with Crippen molar-refractivity contribution in [1.29, 1.82) is 0 Å². The highest BCUT2D eigenvalue weighted by Gasteiger charge is 2.10. The van der Waals surface area contributed by atoms with Gasteiger partial charge in [0.25, 0.3) is 10.0 Å². The maximum Gasteiger partial charge on any atom is 0.264 e. The van der Waals surface area contributed by atoms with Gasteiger partial charge in [-0.15, -0.1) is 0 Å². The molecule has 0 N–H and O–H groups in total. The first-order valence-corrected chi connectivity index (χ1v) is 5.99. The summed E-state index contributed by atoms with van der Waals surface area (Å²) in [5, 5.41) is 0. The van der Waals surface area contributed by atoms with E-state index in [-0.39, 0.29) is 9.79 Å². The molecule has 1 unspecified atom stereocenters. The minimum absolute atomic E-state index is 0.0464. The van der Waals surface area contributed by atoms with Crippen LogP contribution in [0.2, 0.25) is 0 Å². The maximum atomic E-state index is 11.1. The lowest BCUT2D eigenvalue weighted by Gasteiger charge is -2.04. The lowest BCUT2D eigenvalue weighted by molar-refractivity contribution is 0.537. The van der Waals surface area contributed by atoms with Gasteiger partial charge in [-0.3, -0.25) is 4.21 Å². The van der Waals surface area contributed by atoms with Crippen LogP contribution in [0, 0.1) is 0 Å². The van der Waals surface area contributed by atoms with E-state index in [2.05, 4.69) is 9.43 Å². The second kappa shape index (κ2) is 4.41. The van der Waals surface area contributed by atoms with Crippen molar-refractivity contribution >= 4 is 21.1 Å². The topological polar surface area (TPSA) is 123 Å². The van der Waals surface area contributed by atoms with Crippen molar-refractivity contribution < 1.29 is 17.2 Å². The summed E-state index contributed by atoms with van der Waals surface area (Å²) in [5.41, 5.74) is 7.99. The number of azide groups is 1. The van der Waals surface area contributed by atoms with Crippen molar-refractivity contribution in [1.82, 2.24) is 0 Å². The zero-order valence-corrected chi connectivity index (χ0v) is 8.73. The van der Waals surface area contributed by atoms with Crippen molar-refractivity contribution in [2.24, 2.45) is 4.52 Å². The fraction of sp³-hybridized carbons (Fsp3) is 0. The van der Waals surface area contributed by atoms with E-state index < -0.39 is 21.1 Å². The van der Waals surface area contributed by atoms with E-state index in [1.54, 1.807) is 0 Å². The predicted molar refractivity (Wildman–Crippen MR) is 50.0 cm³/mol. The third kappa shape index (κ3) is 2.77. The number of rotatable bonds is 3. The number of hydrogen-bond donors (Lipinski definition) is 0. The van der Waals surface area contributed by atoms with Crippen LogP contribution in [0.5, 0.6) is 0 Å². The molecular formula is C6H4N3O4S2-. The summed E-state index contributed by atoms with van der Waals surface area (Å²) in [6.07, 6.45) is 0. The molecule has 0 amide bonds. The predicted octanol–water partition coefficient (Wildman–Crippen LogP) is 0.924. The Morgan fingerprint density at radius 1 is 1.33 bits per heavy atom. The molecular weight excluding hydrogens is 242 g/mol. The Labute approximate surface area is 87.7 Å². The van der Waals surface area contributed by atoms with Crippen LogP contribution in [0.25, 0.3) is 10.4 Å². The zero-order valence-electron chi connectivity index (χ0n) is 7.10. The molecule has 0 saturated heterocycles. The fourth-order valence-electron chi connectivity index (χ4n) is 0.818. The second-order valence-corrected chi connectivity index (χ2v) is 4.88. The summed E-state index contributed by atoms with van der Waals surface area (Å²) in [6.45, 7) is 0. The summed E-state index contributed by atoms with van der Waals surface area (Å²) in [7, 11) is -4.05. The van der Waals surface area contributed by atoms with Crippen LogP contribution in [-0.4, -0.2) is 17.2 Å². The maximum absolute atomic E-state index is 11.1. The van der Waals surface area contributed by atoms with Gasteiger partial charge in [0.15, 0.2) is 0 Å². The summed E-state index contributed by atoms with van der Waals surface area (Å²) >= 11 is -2.42. The SMILES string of the molecule is [N-]=[N+]=NS(=O)(=O)c1ccc(S(=O)[O-])cc1. The van der Waals surface area contributed by atoms with Crippen molar-refractivity contribution in [2.75, 3.05) is 0 Å². The third-order valence-corrected chi connectivity index (χ3v) is 3.27. The molecule has 15 heavy (non-hydrogen) atoms. The van der Waals surface area contributed by atoms with Crippen molar-refractivity contribution in [3.63, 3.8) is 0 Å². The smallest absolute Gasteiger partial charge is 0.264 e. The van der Waals surface area contributed by atoms with Crippen LogP contribution in [-0.2, 0) is 21.1 Å². The summed E-state index contributed by atoms with van der Waals surface area (Å²) in [6, 6.07) is 4.30. The Balaban J connectivity index is 3.21. The molecule has 1 aromatic carbocycles. The quantitative estimate of drug-likeness (QED) is 0.340. The van der Waals surface area contributed by atoms with Crippen LogP contribution in [0.15, 0.2) is 38.6 Å². The van der Waals surface area contributed by atoms with E-state index in [9.17, 15) is 17.2 Å². The summed E-state index contributed by atoms with van der Waals surface area (Å²) in [4.78, 5) is 1.86. The van der Waals surface area contributed by atoms with E-state index >= 15 is 0 Å². The minimum Gasteiger partial charge on any atom is -0.768 e. The van der Waals surface area contributed by atoms with Crippen LogP contribution in [0.1, 0.15) is 0 Å². The lowest BCUT2D eigenvalue weighted by atomic mass is 10.4. The standard InChI is InChI=1S/C6H5N3O4S2/c7-8-9-15(12,13)6-3-1-5(2-4-6)14(10)11/h1-4H,(H,10,11)/p-1.